The summed E-state index contributed by atoms with van der Waals surface area (Å²) in [6.07, 6.45) is 3.70. The Hall–Kier alpha value is -2.99. The highest BCUT2D eigenvalue weighted by molar-refractivity contribution is 5.93. The third-order valence-corrected chi connectivity index (χ3v) is 3.80. The molecule has 1 N–H and O–H groups in total. The summed E-state index contributed by atoms with van der Waals surface area (Å²) in [7, 11) is 0. The zero-order valence-corrected chi connectivity index (χ0v) is 14.1. The van der Waals surface area contributed by atoms with Crippen molar-refractivity contribution < 1.29 is 9.53 Å². The van der Waals surface area contributed by atoms with E-state index in [4.69, 9.17) is 4.74 Å². The Morgan fingerprint density at radius 2 is 2.08 bits per heavy atom. The molecular weight excluding hydrogens is 316 g/mol. The lowest BCUT2D eigenvalue weighted by molar-refractivity contribution is -0.125. The van der Waals surface area contributed by atoms with Crippen LogP contribution in [0.2, 0.25) is 0 Å². The van der Waals surface area contributed by atoms with Crippen molar-refractivity contribution in [1.82, 2.24) is 14.6 Å². The van der Waals surface area contributed by atoms with Crippen molar-refractivity contribution in [3.8, 4) is 0 Å². The minimum atomic E-state index is -0.528. The first-order valence-electron chi connectivity index (χ1n) is 8.08. The quantitative estimate of drug-likeness (QED) is 0.674. The van der Waals surface area contributed by atoms with E-state index in [9.17, 15) is 4.79 Å². The molecule has 6 nitrogen and oxygen atoms in total. The summed E-state index contributed by atoms with van der Waals surface area (Å²) >= 11 is 0. The van der Waals surface area contributed by atoms with Gasteiger partial charge in [0.2, 0.25) is 0 Å². The molecule has 0 spiro atoms. The van der Waals surface area contributed by atoms with Crippen molar-refractivity contribution in [2.24, 2.45) is 0 Å². The zero-order valence-electron chi connectivity index (χ0n) is 14.1. The van der Waals surface area contributed by atoms with Gasteiger partial charge in [-0.25, -0.2) is 0 Å². The number of nitrogens with one attached hydrogen (secondary N) is 1. The molecule has 2 aromatic heterocycles. The second kappa shape index (κ2) is 7.72. The molecule has 0 aliphatic carbocycles. The number of benzene rings is 1. The maximum Gasteiger partial charge on any atom is 0.253 e. The lowest BCUT2D eigenvalue weighted by Gasteiger charge is -2.12. The van der Waals surface area contributed by atoms with Crippen LogP contribution >= 0.6 is 0 Å². The summed E-state index contributed by atoms with van der Waals surface area (Å²) in [6.45, 7) is 5.63. The molecule has 3 aromatic rings. The van der Waals surface area contributed by atoms with Crippen molar-refractivity contribution in [2.45, 2.75) is 19.4 Å². The Balaban J connectivity index is 1.64. The van der Waals surface area contributed by atoms with Gasteiger partial charge in [0.05, 0.1) is 6.61 Å². The molecule has 6 heteroatoms. The van der Waals surface area contributed by atoms with E-state index in [1.165, 1.54) is 0 Å². The first kappa shape index (κ1) is 16.9. The number of anilines is 1. The fraction of sp³-hybridized carbons (Fsp3) is 0.211. The first-order valence-corrected chi connectivity index (χ1v) is 8.08. The molecule has 0 aliphatic heterocycles. The van der Waals surface area contributed by atoms with E-state index >= 15 is 0 Å². The van der Waals surface area contributed by atoms with E-state index < -0.39 is 6.10 Å². The van der Waals surface area contributed by atoms with Gasteiger partial charge in [0.15, 0.2) is 5.65 Å². The maximum absolute atomic E-state index is 12.0. The van der Waals surface area contributed by atoms with Crippen LogP contribution in [0.3, 0.4) is 0 Å². The summed E-state index contributed by atoms with van der Waals surface area (Å²) in [5, 5.41) is 11.2. The van der Waals surface area contributed by atoms with Crippen LogP contribution in [0.5, 0.6) is 0 Å². The standard InChI is InChI=1S/C19H20N4O2/c1-3-12-25-14(2)19(24)20-16-9-7-15(8-10-16)13-18-22-21-17-6-4-5-11-23(17)18/h3-11,14H,1,12-13H2,2H3,(H,20,24)/t14-/m0/s1. The summed E-state index contributed by atoms with van der Waals surface area (Å²) in [5.41, 5.74) is 2.65. The van der Waals surface area contributed by atoms with Crippen LogP contribution in [0.25, 0.3) is 5.65 Å². The second-order valence-corrected chi connectivity index (χ2v) is 5.67. The van der Waals surface area contributed by atoms with Crippen LogP contribution in [0, 0.1) is 0 Å². The highest BCUT2D eigenvalue weighted by Crippen LogP contribution is 2.14. The van der Waals surface area contributed by atoms with Gasteiger partial charge < -0.3 is 10.1 Å². The fourth-order valence-corrected chi connectivity index (χ4v) is 2.43. The molecule has 128 valence electrons. The lowest BCUT2D eigenvalue weighted by atomic mass is 10.1. The van der Waals surface area contributed by atoms with Crippen molar-refractivity contribution in [2.75, 3.05) is 11.9 Å². The Morgan fingerprint density at radius 1 is 1.28 bits per heavy atom. The zero-order chi connectivity index (χ0) is 17.6. The van der Waals surface area contributed by atoms with Crippen molar-refractivity contribution in [1.29, 1.82) is 0 Å². The van der Waals surface area contributed by atoms with E-state index in [2.05, 4.69) is 22.1 Å². The van der Waals surface area contributed by atoms with Crippen molar-refractivity contribution in [3.63, 3.8) is 0 Å². The molecule has 1 amide bonds. The average molecular weight is 336 g/mol. The third kappa shape index (κ3) is 4.10. The van der Waals surface area contributed by atoms with Crippen molar-refractivity contribution in [3.05, 3.63) is 72.7 Å². The highest BCUT2D eigenvalue weighted by atomic mass is 16.5. The highest BCUT2D eigenvalue weighted by Gasteiger charge is 2.13. The molecule has 0 saturated heterocycles. The third-order valence-electron chi connectivity index (χ3n) is 3.80. The predicted molar refractivity (Wildman–Crippen MR) is 96.5 cm³/mol. The Morgan fingerprint density at radius 3 is 2.84 bits per heavy atom. The number of pyridine rings is 1. The monoisotopic (exact) mass is 336 g/mol. The van der Waals surface area contributed by atoms with Gasteiger partial charge in [0.25, 0.3) is 5.91 Å². The number of fused-ring (bicyclic) bond motifs is 1. The van der Waals surface area contributed by atoms with Crippen molar-refractivity contribution >= 4 is 17.2 Å². The van der Waals surface area contributed by atoms with Gasteiger partial charge in [-0.05, 0) is 36.8 Å². The molecule has 3 rings (SSSR count). The van der Waals surface area contributed by atoms with Crippen LogP contribution in [-0.2, 0) is 16.0 Å². The number of amides is 1. The molecule has 0 unspecified atom stereocenters. The Kier molecular flexibility index (Phi) is 5.20. The maximum atomic E-state index is 12.0. The molecule has 0 aliphatic rings. The fourth-order valence-electron chi connectivity index (χ4n) is 2.43. The minimum Gasteiger partial charge on any atom is -0.365 e. The lowest BCUT2D eigenvalue weighted by Crippen LogP contribution is -2.27. The average Bonchev–Trinajstić information content (AvgIpc) is 3.04. The van der Waals surface area contributed by atoms with Crippen LogP contribution in [0.4, 0.5) is 5.69 Å². The van der Waals surface area contributed by atoms with Gasteiger partial charge in [-0.3, -0.25) is 9.20 Å². The number of carbonyl (C=O) groups is 1. The molecule has 2 heterocycles. The van der Waals surface area contributed by atoms with Gasteiger partial charge in [0.1, 0.15) is 11.9 Å². The smallest absolute Gasteiger partial charge is 0.253 e. The van der Waals surface area contributed by atoms with E-state index in [1.807, 2.05) is 53.1 Å². The van der Waals surface area contributed by atoms with Gasteiger partial charge in [-0.15, -0.1) is 16.8 Å². The summed E-state index contributed by atoms with van der Waals surface area (Å²) in [4.78, 5) is 12.0. The van der Waals surface area contributed by atoms with Crippen LogP contribution < -0.4 is 5.32 Å². The van der Waals surface area contributed by atoms with Gasteiger partial charge in [0, 0.05) is 18.3 Å². The molecule has 0 fully saturated rings. The first-order chi connectivity index (χ1) is 12.2. The van der Waals surface area contributed by atoms with Gasteiger partial charge >= 0.3 is 0 Å². The molecule has 1 aromatic carbocycles. The molecule has 0 radical (unpaired) electrons. The molecule has 25 heavy (non-hydrogen) atoms. The molecule has 0 saturated carbocycles. The molecule has 0 bridgehead atoms. The van der Waals surface area contributed by atoms with Crippen LogP contribution in [-0.4, -0.2) is 33.2 Å². The summed E-state index contributed by atoms with van der Waals surface area (Å²) in [5.74, 6) is 0.692. The number of rotatable bonds is 7. The second-order valence-electron chi connectivity index (χ2n) is 5.67. The minimum absolute atomic E-state index is 0.182. The number of hydrogen-bond donors (Lipinski definition) is 1. The number of ether oxygens (including phenoxy) is 1. The summed E-state index contributed by atoms with van der Waals surface area (Å²) in [6, 6.07) is 13.5. The predicted octanol–water partition coefficient (Wildman–Crippen LogP) is 2.85. The van der Waals surface area contributed by atoms with Gasteiger partial charge in [-0.1, -0.05) is 24.3 Å². The van der Waals surface area contributed by atoms with E-state index in [1.54, 1.807) is 13.0 Å². The number of aromatic nitrogens is 3. The van der Waals surface area contributed by atoms with E-state index in [-0.39, 0.29) is 5.91 Å². The summed E-state index contributed by atoms with van der Waals surface area (Å²) < 4.78 is 7.28. The van der Waals surface area contributed by atoms with E-state index in [0.717, 1.165) is 22.7 Å². The van der Waals surface area contributed by atoms with Crippen LogP contribution in [0.15, 0.2) is 61.3 Å². The topological polar surface area (TPSA) is 68.5 Å². The van der Waals surface area contributed by atoms with Crippen LogP contribution in [0.1, 0.15) is 18.3 Å². The largest absolute Gasteiger partial charge is 0.365 e. The van der Waals surface area contributed by atoms with Gasteiger partial charge in [-0.2, -0.15) is 0 Å². The molecular formula is C19H20N4O2. The Bertz CT molecular complexity index is 871. The number of carbonyl (C=O) groups excluding carboxylic acids is 1. The normalized spacial score (nSPS) is 12.0. The number of hydrogen-bond acceptors (Lipinski definition) is 4. The SMILES string of the molecule is C=CCO[C@@H](C)C(=O)Nc1ccc(Cc2nnc3ccccn23)cc1. The number of nitrogens with zero attached hydrogens (tertiary/aromatic N) is 3. The van der Waals surface area contributed by atoms with E-state index in [0.29, 0.717) is 13.0 Å². The Labute approximate surface area is 146 Å². The molecule has 1 atom stereocenters.